The van der Waals surface area contributed by atoms with Crippen LogP contribution < -0.4 is 0 Å². The number of hydrogen-bond acceptors (Lipinski definition) is 2. The molecule has 0 aromatic heterocycles. The fourth-order valence-corrected chi connectivity index (χ4v) is 7.37. The average Bonchev–Trinajstić information content (AvgIpc) is 2.80. The summed E-state index contributed by atoms with van der Waals surface area (Å²) >= 11 is 0. The third kappa shape index (κ3) is 1.97. The molecule has 4 aliphatic carbocycles. The Morgan fingerprint density at radius 1 is 0.952 bits per heavy atom. The van der Waals surface area contributed by atoms with Gasteiger partial charge in [-0.2, -0.15) is 0 Å². The van der Waals surface area contributed by atoms with Gasteiger partial charge in [-0.3, -0.25) is 0 Å². The van der Waals surface area contributed by atoms with Gasteiger partial charge < -0.3 is 10.2 Å². The first-order valence-corrected chi connectivity index (χ1v) is 9.30. The Hall–Kier alpha value is -0.0800. The molecule has 2 N–H and O–H groups in total. The van der Waals surface area contributed by atoms with Crippen LogP contribution in [0.5, 0.6) is 0 Å². The van der Waals surface area contributed by atoms with Crippen molar-refractivity contribution in [1.29, 1.82) is 0 Å². The quantitative estimate of drug-likeness (QED) is 0.714. The fraction of sp³-hybridized carbons (Fsp3) is 1.00. The van der Waals surface area contributed by atoms with Gasteiger partial charge in [0.15, 0.2) is 0 Å². The summed E-state index contributed by atoms with van der Waals surface area (Å²) in [5.74, 6) is 2.75. The van der Waals surface area contributed by atoms with Gasteiger partial charge in [0.05, 0.1) is 12.2 Å². The maximum Gasteiger partial charge on any atom is 0.0581 e. The summed E-state index contributed by atoms with van der Waals surface area (Å²) in [5, 5.41) is 21.1. The third-order valence-electron chi connectivity index (χ3n) is 8.34. The van der Waals surface area contributed by atoms with Gasteiger partial charge in [0.25, 0.3) is 0 Å². The highest BCUT2D eigenvalue weighted by atomic mass is 16.3. The minimum atomic E-state index is -0.0996. The molecular formula is C19H32O2. The van der Waals surface area contributed by atoms with Crippen LogP contribution in [-0.2, 0) is 0 Å². The first-order chi connectivity index (χ1) is 9.94. The van der Waals surface area contributed by atoms with E-state index in [0.29, 0.717) is 17.3 Å². The molecule has 0 heterocycles. The maximum absolute atomic E-state index is 11.0. The second-order valence-electron chi connectivity index (χ2n) is 9.32. The van der Waals surface area contributed by atoms with Gasteiger partial charge in [0, 0.05) is 0 Å². The van der Waals surface area contributed by atoms with Gasteiger partial charge >= 0.3 is 0 Å². The highest BCUT2D eigenvalue weighted by molar-refractivity contribution is 5.10. The summed E-state index contributed by atoms with van der Waals surface area (Å²) in [6.45, 7) is 4.89. The van der Waals surface area contributed by atoms with Crippen LogP contribution in [0.1, 0.15) is 71.6 Å². The van der Waals surface area contributed by atoms with Crippen LogP contribution in [0.3, 0.4) is 0 Å². The van der Waals surface area contributed by atoms with Crippen LogP contribution in [0.15, 0.2) is 0 Å². The minimum Gasteiger partial charge on any atom is -0.393 e. The highest BCUT2D eigenvalue weighted by Crippen LogP contribution is 2.66. The van der Waals surface area contributed by atoms with E-state index in [1.807, 2.05) is 0 Å². The van der Waals surface area contributed by atoms with Crippen molar-refractivity contribution in [3.05, 3.63) is 0 Å². The van der Waals surface area contributed by atoms with Crippen molar-refractivity contribution in [2.24, 2.45) is 34.5 Å². The first kappa shape index (κ1) is 14.5. The zero-order valence-electron chi connectivity index (χ0n) is 13.7. The lowest BCUT2D eigenvalue weighted by molar-refractivity contribution is -0.171. The minimum absolute atomic E-state index is 0.0860. The highest BCUT2D eigenvalue weighted by Gasteiger charge is 2.60. The number of hydrogen-bond donors (Lipinski definition) is 2. The van der Waals surface area contributed by atoms with Gasteiger partial charge in [-0.1, -0.05) is 20.3 Å². The van der Waals surface area contributed by atoms with Gasteiger partial charge in [-0.15, -0.1) is 0 Å². The van der Waals surface area contributed by atoms with Crippen molar-refractivity contribution in [3.8, 4) is 0 Å². The van der Waals surface area contributed by atoms with Crippen molar-refractivity contribution in [3.63, 3.8) is 0 Å². The van der Waals surface area contributed by atoms with Crippen molar-refractivity contribution in [2.75, 3.05) is 0 Å². The zero-order valence-corrected chi connectivity index (χ0v) is 13.7. The Labute approximate surface area is 129 Å². The van der Waals surface area contributed by atoms with Gasteiger partial charge in [0.2, 0.25) is 0 Å². The molecule has 120 valence electrons. The maximum atomic E-state index is 11.0. The molecule has 4 aliphatic rings. The molecule has 0 bridgehead atoms. The molecule has 0 radical (unpaired) electrons. The Kier molecular flexibility index (Phi) is 3.25. The standard InChI is InChI=1S/C19H32O2/c1-18-8-3-4-15(18)14-6-5-12-10-13(20)7-9-19(12,2)17(14)16(21)11-18/h12-17,20-21H,3-11H2,1-2H3. The lowest BCUT2D eigenvalue weighted by Crippen LogP contribution is -2.58. The SMILES string of the molecule is CC12CCCC1C1CCC3CC(O)CCC3(C)C1C(O)C2. The summed E-state index contributed by atoms with van der Waals surface area (Å²) < 4.78 is 0. The van der Waals surface area contributed by atoms with Crippen LogP contribution in [0.2, 0.25) is 0 Å². The van der Waals surface area contributed by atoms with Crippen molar-refractivity contribution in [1.82, 2.24) is 0 Å². The van der Waals surface area contributed by atoms with E-state index >= 15 is 0 Å². The number of fused-ring (bicyclic) bond motifs is 5. The molecule has 4 saturated carbocycles. The predicted molar refractivity (Wildman–Crippen MR) is 83.7 cm³/mol. The summed E-state index contributed by atoms with van der Waals surface area (Å²) in [6.07, 6.45) is 10.6. The second-order valence-corrected chi connectivity index (χ2v) is 9.32. The van der Waals surface area contributed by atoms with Gasteiger partial charge in [-0.25, -0.2) is 0 Å². The molecule has 4 rings (SSSR count). The molecule has 8 atom stereocenters. The topological polar surface area (TPSA) is 40.5 Å². The van der Waals surface area contributed by atoms with E-state index in [9.17, 15) is 10.2 Å². The van der Waals surface area contributed by atoms with Crippen LogP contribution in [0.4, 0.5) is 0 Å². The van der Waals surface area contributed by atoms with Crippen molar-refractivity contribution in [2.45, 2.75) is 83.8 Å². The normalized spacial score (nSPS) is 60.0. The smallest absolute Gasteiger partial charge is 0.0581 e. The summed E-state index contributed by atoms with van der Waals surface area (Å²) in [6, 6.07) is 0. The van der Waals surface area contributed by atoms with Gasteiger partial charge in [0.1, 0.15) is 0 Å². The predicted octanol–water partition coefficient (Wildman–Crippen LogP) is 3.75. The van der Waals surface area contributed by atoms with E-state index in [2.05, 4.69) is 13.8 Å². The molecule has 0 aromatic rings. The van der Waals surface area contributed by atoms with Crippen molar-refractivity contribution < 1.29 is 10.2 Å². The fourth-order valence-electron chi connectivity index (χ4n) is 7.37. The van der Waals surface area contributed by atoms with E-state index in [1.54, 1.807) is 0 Å². The Morgan fingerprint density at radius 2 is 1.76 bits per heavy atom. The molecular weight excluding hydrogens is 260 g/mol. The molecule has 0 amide bonds. The van der Waals surface area contributed by atoms with E-state index in [4.69, 9.17) is 0 Å². The molecule has 2 nitrogen and oxygen atoms in total. The summed E-state index contributed by atoms with van der Waals surface area (Å²) in [4.78, 5) is 0. The van der Waals surface area contributed by atoms with Crippen LogP contribution >= 0.6 is 0 Å². The third-order valence-corrected chi connectivity index (χ3v) is 8.34. The van der Waals surface area contributed by atoms with E-state index < -0.39 is 0 Å². The molecule has 0 aromatic carbocycles. The van der Waals surface area contributed by atoms with Crippen LogP contribution in [-0.4, -0.2) is 22.4 Å². The average molecular weight is 292 g/mol. The monoisotopic (exact) mass is 292 g/mol. The first-order valence-electron chi connectivity index (χ1n) is 9.30. The second kappa shape index (κ2) is 4.71. The molecule has 0 saturated heterocycles. The lowest BCUT2D eigenvalue weighted by atomic mass is 9.44. The molecule has 4 fully saturated rings. The number of aliphatic hydroxyl groups excluding tert-OH is 2. The van der Waals surface area contributed by atoms with Gasteiger partial charge in [-0.05, 0) is 85.9 Å². The Bertz CT molecular complexity index is 422. The number of aliphatic hydroxyl groups is 2. The summed E-state index contributed by atoms with van der Waals surface area (Å²) in [7, 11) is 0. The lowest BCUT2D eigenvalue weighted by Gasteiger charge is -2.61. The van der Waals surface area contributed by atoms with Crippen LogP contribution in [0, 0.1) is 34.5 Å². The molecule has 0 aliphatic heterocycles. The Morgan fingerprint density at radius 3 is 2.57 bits per heavy atom. The molecule has 21 heavy (non-hydrogen) atoms. The largest absolute Gasteiger partial charge is 0.393 e. The Balaban J connectivity index is 1.67. The zero-order chi connectivity index (χ0) is 14.8. The molecule has 2 heteroatoms. The summed E-state index contributed by atoms with van der Waals surface area (Å²) in [5.41, 5.74) is 0.698. The molecule has 8 unspecified atom stereocenters. The van der Waals surface area contributed by atoms with Crippen molar-refractivity contribution >= 4 is 0 Å². The van der Waals surface area contributed by atoms with E-state index in [1.165, 1.54) is 32.1 Å². The molecule has 0 spiro atoms. The van der Waals surface area contributed by atoms with Crippen LogP contribution in [0.25, 0.3) is 0 Å². The van der Waals surface area contributed by atoms with E-state index in [0.717, 1.165) is 37.5 Å². The van der Waals surface area contributed by atoms with E-state index in [-0.39, 0.29) is 17.6 Å². The number of rotatable bonds is 0.